The lowest BCUT2D eigenvalue weighted by Gasteiger charge is -2.29. The molecule has 1 fully saturated rings. The van der Waals surface area contributed by atoms with Crippen LogP contribution in [0.1, 0.15) is 44.1 Å². The Morgan fingerprint density at radius 1 is 1.32 bits per heavy atom. The van der Waals surface area contributed by atoms with E-state index in [-0.39, 0.29) is 18.8 Å². The fourth-order valence-electron chi connectivity index (χ4n) is 2.91. The Bertz CT molecular complexity index is 510. The number of aliphatic carboxylic acids is 1. The molecule has 0 spiro atoms. The van der Waals surface area contributed by atoms with Gasteiger partial charge in [-0.2, -0.15) is 0 Å². The van der Waals surface area contributed by atoms with E-state index in [0.29, 0.717) is 26.1 Å². The molecule has 0 aliphatic carbocycles. The molecule has 5 heteroatoms. The summed E-state index contributed by atoms with van der Waals surface area (Å²) in [5, 5.41) is 9.18. The third kappa shape index (κ3) is 7.82. The summed E-state index contributed by atoms with van der Waals surface area (Å²) in [7, 11) is 0. The molecule has 2 rings (SSSR count). The molecule has 1 N–H and O–H groups in total. The number of carboxylic acid groups (broad SMARTS) is 1. The average molecular weight is 348 g/mol. The summed E-state index contributed by atoms with van der Waals surface area (Å²) in [5.41, 5.74) is 1.09. The molecule has 5 nitrogen and oxygen atoms in total. The van der Waals surface area contributed by atoms with Gasteiger partial charge >= 0.3 is 5.97 Å². The van der Waals surface area contributed by atoms with E-state index in [1.807, 2.05) is 30.3 Å². The van der Waals surface area contributed by atoms with Crippen LogP contribution in [0.4, 0.5) is 0 Å². The molecule has 138 valence electrons. The Morgan fingerprint density at radius 3 is 2.76 bits per heavy atom. The highest BCUT2D eigenvalue weighted by atomic mass is 16.7. The predicted molar refractivity (Wildman–Crippen MR) is 95.2 cm³/mol. The molecule has 0 amide bonds. The van der Waals surface area contributed by atoms with Crippen LogP contribution < -0.4 is 0 Å². The number of carbonyl (C=O) groups is 1. The maximum Gasteiger partial charge on any atom is 0.305 e. The Morgan fingerprint density at radius 2 is 2.12 bits per heavy atom. The smallest absolute Gasteiger partial charge is 0.305 e. The second kappa shape index (κ2) is 11.0. The minimum Gasteiger partial charge on any atom is -0.481 e. The summed E-state index contributed by atoms with van der Waals surface area (Å²) < 4.78 is 17.5. The van der Waals surface area contributed by atoms with Gasteiger partial charge in [-0.25, -0.2) is 0 Å². The summed E-state index contributed by atoms with van der Waals surface area (Å²) in [6.45, 7) is 4.93. The van der Waals surface area contributed by atoms with E-state index in [1.165, 1.54) is 0 Å². The average Bonchev–Trinajstić information content (AvgIpc) is 2.61. The van der Waals surface area contributed by atoms with Crippen LogP contribution in [0.3, 0.4) is 0 Å². The van der Waals surface area contributed by atoms with E-state index in [2.05, 4.69) is 6.58 Å². The third-order valence-electron chi connectivity index (χ3n) is 4.17. The van der Waals surface area contributed by atoms with Gasteiger partial charge in [0.25, 0.3) is 0 Å². The van der Waals surface area contributed by atoms with Gasteiger partial charge in [0.15, 0.2) is 6.29 Å². The van der Waals surface area contributed by atoms with Gasteiger partial charge in [-0.1, -0.05) is 36.4 Å². The molecule has 0 radical (unpaired) electrons. The lowest BCUT2D eigenvalue weighted by Crippen LogP contribution is -2.32. The number of carboxylic acids is 1. The van der Waals surface area contributed by atoms with Gasteiger partial charge in [0.2, 0.25) is 0 Å². The summed E-state index contributed by atoms with van der Waals surface area (Å²) in [4.78, 5) is 11.2. The zero-order valence-corrected chi connectivity index (χ0v) is 14.6. The van der Waals surface area contributed by atoms with Crippen LogP contribution >= 0.6 is 0 Å². The fraction of sp³-hybridized carbons (Fsp3) is 0.550. The minimum atomic E-state index is -0.874. The standard InChI is InChI=1S/C20H28O5/c1-2-8-17(24-15-16-9-4-3-5-10-16)13-18(14-19(21)22)25-20-11-6-7-12-23-20/h2-5,9-10,17-18,20H,1,6-8,11-15H2,(H,21,22)/t17-,18+,20?/m0/s1. The van der Waals surface area contributed by atoms with Gasteiger partial charge in [-0.15, -0.1) is 6.58 Å². The SMILES string of the molecule is C=CC[C@@H](C[C@H](CC(=O)O)OC1CCCCO1)OCc1ccccc1. The van der Waals surface area contributed by atoms with Crippen molar-refractivity contribution >= 4 is 5.97 Å². The predicted octanol–water partition coefficient (Wildman–Crippen LogP) is 3.92. The van der Waals surface area contributed by atoms with Crippen molar-refractivity contribution in [1.29, 1.82) is 0 Å². The maximum atomic E-state index is 11.2. The van der Waals surface area contributed by atoms with Crippen LogP contribution in [0, 0.1) is 0 Å². The van der Waals surface area contributed by atoms with Gasteiger partial charge in [0, 0.05) is 13.0 Å². The maximum absolute atomic E-state index is 11.2. The van der Waals surface area contributed by atoms with Crippen LogP contribution in [0.2, 0.25) is 0 Å². The lowest BCUT2D eigenvalue weighted by atomic mass is 10.1. The van der Waals surface area contributed by atoms with Crippen molar-refractivity contribution in [3.63, 3.8) is 0 Å². The van der Waals surface area contributed by atoms with Crippen molar-refractivity contribution in [1.82, 2.24) is 0 Å². The Hall–Kier alpha value is -1.69. The number of ether oxygens (including phenoxy) is 3. The van der Waals surface area contributed by atoms with Crippen LogP contribution in [0.25, 0.3) is 0 Å². The van der Waals surface area contributed by atoms with Crippen molar-refractivity contribution in [3.05, 3.63) is 48.6 Å². The summed E-state index contributed by atoms with van der Waals surface area (Å²) in [6.07, 6.45) is 4.92. The first-order chi connectivity index (χ1) is 12.2. The molecule has 25 heavy (non-hydrogen) atoms. The molecule has 0 bridgehead atoms. The number of hydrogen-bond donors (Lipinski definition) is 1. The lowest BCUT2D eigenvalue weighted by molar-refractivity contribution is -0.198. The largest absolute Gasteiger partial charge is 0.481 e. The van der Waals surface area contributed by atoms with E-state index in [9.17, 15) is 9.90 Å². The van der Waals surface area contributed by atoms with Gasteiger partial charge in [0.05, 0.1) is 25.2 Å². The van der Waals surface area contributed by atoms with Crippen molar-refractivity contribution in [2.45, 2.75) is 63.6 Å². The molecule has 1 heterocycles. The quantitative estimate of drug-likeness (QED) is 0.614. The molecule has 1 saturated heterocycles. The van der Waals surface area contributed by atoms with E-state index in [0.717, 1.165) is 24.8 Å². The van der Waals surface area contributed by atoms with E-state index >= 15 is 0 Å². The molecule has 1 aliphatic rings. The van der Waals surface area contributed by atoms with Crippen LogP contribution in [-0.2, 0) is 25.6 Å². The first kappa shape index (κ1) is 19.6. The second-order valence-electron chi connectivity index (χ2n) is 6.33. The van der Waals surface area contributed by atoms with E-state index < -0.39 is 12.1 Å². The monoisotopic (exact) mass is 348 g/mol. The molecule has 1 unspecified atom stereocenters. The van der Waals surface area contributed by atoms with Crippen LogP contribution in [0.15, 0.2) is 43.0 Å². The molecular weight excluding hydrogens is 320 g/mol. The summed E-state index contributed by atoms with van der Waals surface area (Å²) in [5.74, 6) is -0.874. The second-order valence-corrected chi connectivity index (χ2v) is 6.33. The fourth-order valence-corrected chi connectivity index (χ4v) is 2.91. The van der Waals surface area contributed by atoms with Crippen molar-refractivity contribution in [2.24, 2.45) is 0 Å². The molecule has 1 aliphatic heterocycles. The normalized spacial score (nSPS) is 19.9. The van der Waals surface area contributed by atoms with Gasteiger partial charge < -0.3 is 19.3 Å². The van der Waals surface area contributed by atoms with Crippen LogP contribution in [-0.4, -0.2) is 36.2 Å². The minimum absolute atomic E-state index is 0.0534. The Balaban J connectivity index is 1.90. The van der Waals surface area contributed by atoms with Crippen molar-refractivity contribution in [2.75, 3.05) is 6.61 Å². The molecule has 1 aromatic rings. The summed E-state index contributed by atoms with van der Waals surface area (Å²) in [6, 6.07) is 9.92. The Labute approximate surface area is 149 Å². The molecular formula is C20H28O5. The molecule has 3 atom stereocenters. The van der Waals surface area contributed by atoms with Gasteiger partial charge in [-0.3, -0.25) is 4.79 Å². The highest BCUT2D eigenvalue weighted by molar-refractivity contribution is 5.67. The molecule has 0 saturated carbocycles. The van der Waals surface area contributed by atoms with Crippen LogP contribution in [0.5, 0.6) is 0 Å². The van der Waals surface area contributed by atoms with Crippen molar-refractivity contribution in [3.8, 4) is 0 Å². The van der Waals surface area contributed by atoms with E-state index in [1.54, 1.807) is 6.08 Å². The molecule has 0 aromatic heterocycles. The Kier molecular flexibility index (Phi) is 8.66. The van der Waals surface area contributed by atoms with E-state index in [4.69, 9.17) is 14.2 Å². The topological polar surface area (TPSA) is 65.0 Å². The third-order valence-corrected chi connectivity index (χ3v) is 4.17. The number of hydrogen-bond acceptors (Lipinski definition) is 4. The zero-order chi connectivity index (χ0) is 17.9. The van der Waals surface area contributed by atoms with Gasteiger partial charge in [0.1, 0.15) is 0 Å². The first-order valence-corrected chi connectivity index (χ1v) is 8.92. The first-order valence-electron chi connectivity index (χ1n) is 8.92. The zero-order valence-electron chi connectivity index (χ0n) is 14.6. The summed E-state index contributed by atoms with van der Waals surface area (Å²) >= 11 is 0. The van der Waals surface area contributed by atoms with Gasteiger partial charge in [-0.05, 0) is 31.2 Å². The highest BCUT2D eigenvalue weighted by Crippen LogP contribution is 2.21. The number of benzene rings is 1. The number of rotatable bonds is 11. The highest BCUT2D eigenvalue weighted by Gasteiger charge is 2.25. The van der Waals surface area contributed by atoms with Crippen molar-refractivity contribution < 1.29 is 24.1 Å². The molecule has 1 aromatic carbocycles.